The molecule has 1 aliphatic heterocycles. The van der Waals surface area contributed by atoms with Crippen molar-refractivity contribution in [2.75, 3.05) is 26.7 Å². The van der Waals surface area contributed by atoms with E-state index in [0.29, 0.717) is 12.2 Å². The molecule has 1 aromatic heterocycles. The Hall–Kier alpha value is -0.890. The van der Waals surface area contributed by atoms with Crippen LogP contribution in [-0.4, -0.2) is 60.0 Å². The Balaban J connectivity index is 2.31. The van der Waals surface area contributed by atoms with E-state index in [2.05, 4.69) is 4.90 Å². The van der Waals surface area contributed by atoms with E-state index in [-0.39, 0.29) is 17.5 Å². The molecule has 7 heteroatoms. The maximum Gasteiger partial charge on any atom is 0.244 e. The van der Waals surface area contributed by atoms with Crippen molar-refractivity contribution in [2.24, 2.45) is 7.05 Å². The van der Waals surface area contributed by atoms with Crippen LogP contribution in [0.15, 0.2) is 17.2 Å². The highest BCUT2D eigenvalue weighted by Gasteiger charge is 2.33. The van der Waals surface area contributed by atoms with Crippen LogP contribution in [0.3, 0.4) is 0 Å². The molecule has 2 rings (SSSR count). The van der Waals surface area contributed by atoms with Gasteiger partial charge in [-0.05, 0) is 20.0 Å². The van der Waals surface area contributed by atoms with Gasteiger partial charge in [0.1, 0.15) is 4.90 Å². The molecule has 0 saturated carbocycles. The maximum atomic E-state index is 12.6. The molecule has 1 aromatic rings. The molecule has 1 unspecified atom stereocenters. The predicted molar refractivity (Wildman–Crippen MR) is 72.2 cm³/mol. The Morgan fingerprint density at radius 1 is 1.37 bits per heavy atom. The molecule has 1 N–H and O–H groups in total. The number of hydrogen-bond donors (Lipinski definition) is 1. The number of hydrogen-bond acceptors (Lipinski definition) is 4. The quantitative estimate of drug-likeness (QED) is 0.839. The summed E-state index contributed by atoms with van der Waals surface area (Å²) in [6.07, 6.45) is 1.56. The highest BCUT2D eigenvalue weighted by Crippen LogP contribution is 2.22. The van der Waals surface area contributed by atoms with E-state index in [9.17, 15) is 8.42 Å². The minimum absolute atomic E-state index is 0.0402. The summed E-state index contributed by atoms with van der Waals surface area (Å²) >= 11 is 0. The fraction of sp³-hybridized carbons (Fsp3) is 0.667. The Bertz CT molecular complexity index is 553. The first-order valence-corrected chi connectivity index (χ1v) is 7.76. The highest BCUT2D eigenvalue weighted by molar-refractivity contribution is 7.89. The van der Waals surface area contributed by atoms with Crippen molar-refractivity contribution in [3.05, 3.63) is 18.0 Å². The number of aryl methyl sites for hydroxylation is 1. The minimum atomic E-state index is -3.47. The first kappa shape index (κ1) is 14.5. The molecule has 0 bridgehead atoms. The molecule has 0 aromatic carbocycles. The van der Waals surface area contributed by atoms with Gasteiger partial charge in [-0.3, -0.25) is 0 Å². The summed E-state index contributed by atoms with van der Waals surface area (Å²) < 4.78 is 28.4. The summed E-state index contributed by atoms with van der Waals surface area (Å²) in [5.41, 5.74) is 0.598. The third-order valence-electron chi connectivity index (χ3n) is 3.62. The smallest absolute Gasteiger partial charge is 0.244 e. The third-order valence-corrected chi connectivity index (χ3v) is 5.60. The van der Waals surface area contributed by atoms with Gasteiger partial charge in [0, 0.05) is 44.6 Å². The zero-order valence-corrected chi connectivity index (χ0v) is 12.4. The van der Waals surface area contributed by atoms with Crippen LogP contribution in [0.1, 0.15) is 12.6 Å². The average Bonchev–Trinajstić information content (AvgIpc) is 2.70. The lowest BCUT2D eigenvalue weighted by Crippen LogP contribution is -2.52. The summed E-state index contributed by atoms with van der Waals surface area (Å²) in [6.45, 7) is 3.74. The van der Waals surface area contributed by atoms with E-state index >= 15 is 0 Å². The van der Waals surface area contributed by atoms with E-state index in [1.54, 1.807) is 28.2 Å². The number of nitrogens with zero attached hydrogens (tertiary/aromatic N) is 3. The average molecular weight is 287 g/mol. The second-order valence-corrected chi connectivity index (χ2v) is 7.05. The van der Waals surface area contributed by atoms with Gasteiger partial charge in [0.2, 0.25) is 10.0 Å². The van der Waals surface area contributed by atoms with Gasteiger partial charge < -0.3 is 14.6 Å². The zero-order valence-electron chi connectivity index (χ0n) is 11.6. The first-order valence-electron chi connectivity index (χ1n) is 6.32. The number of aromatic nitrogens is 1. The van der Waals surface area contributed by atoms with Crippen molar-refractivity contribution in [1.29, 1.82) is 0 Å². The monoisotopic (exact) mass is 287 g/mol. The molecule has 0 amide bonds. The minimum Gasteiger partial charge on any atom is -0.390 e. The van der Waals surface area contributed by atoms with Crippen molar-refractivity contribution >= 4 is 10.0 Å². The van der Waals surface area contributed by atoms with Gasteiger partial charge in [-0.2, -0.15) is 4.31 Å². The van der Waals surface area contributed by atoms with Crippen LogP contribution in [0.5, 0.6) is 0 Å². The van der Waals surface area contributed by atoms with Crippen molar-refractivity contribution < 1.29 is 13.5 Å². The lowest BCUT2D eigenvalue weighted by atomic mass is 10.2. The number of likely N-dealkylation sites (N-methyl/N-ethyl adjacent to an activating group) is 1. The lowest BCUT2D eigenvalue weighted by Gasteiger charge is -2.36. The standard InChI is InChI=1S/C12H21N3O3S/c1-10-7-13(2)4-5-15(10)19(17,18)12-6-11(9-16)14(3)8-12/h6,8,10,16H,4-5,7,9H2,1-3H3. The van der Waals surface area contributed by atoms with Gasteiger partial charge in [0.25, 0.3) is 0 Å². The summed E-state index contributed by atoms with van der Waals surface area (Å²) in [6, 6.07) is 1.50. The van der Waals surface area contributed by atoms with Gasteiger partial charge in [0.15, 0.2) is 0 Å². The maximum absolute atomic E-state index is 12.6. The van der Waals surface area contributed by atoms with Crippen molar-refractivity contribution in [3.8, 4) is 0 Å². The Kier molecular flexibility index (Phi) is 4.00. The number of piperazine rings is 1. The molecule has 0 radical (unpaired) electrons. The molecule has 1 aliphatic rings. The fourth-order valence-corrected chi connectivity index (χ4v) is 4.20. The van der Waals surface area contributed by atoms with E-state index in [1.165, 1.54) is 0 Å². The summed E-state index contributed by atoms with van der Waals surface area (Å²) in [5, 5.41) is 9.16. The molecule has 1 atom stereocenters. The summed E-state index contributed by atoms with van der Waals surface area (Å²) in [5.74, 6) is 0. The molecule has 1 saturated heterocycles. The Morgan fingerprint density at radius 2 is 2.05 bits per heavy atom. The van der Waals surface area contributed by atoms with E-state index in [0.717, 1.165) is 13.1 Å². The SMILES string of the molecule is CC1CN(C)CCN1S(=O)(=O)c1cc(CO)n(C)c1. The van der Waals surface area contributed by atoms with Crippen LogP contribution in [0.25, 0.3) is 0 Å². The van der Waals surface area contributed by atoms with Gasteiger partial charge >= 0.3 is 0 Å². The topological polar surface area (TPSA) is 65.8 Å². The van der Waals surface area contributed by atoms with Crippen LogP contribution < -0.4 is 0 Å². The fourth-order valence-electron chi connectivity index (χ4n) is 2.49. The molecular weight excluding hydrogens is 266 g/mol. The van der Waals surface area contributed by atoms with Crippen molar-refractivity contribution in [3.63, 3.8) is 0 Å². The van der Waals surface area contributed by atoms with E-state index in [4.69, 9.17) is 5.11 Å². The number of aliphatic hydroxyl groups excluding tert-OH is 1. The van der Waals surface area contributed by atoms with Crippen LogP contribution in [0, 0.1) is 0 Å². The van der Waals surface area contributed by atoms with E-state index < -0.39 is 10.0 Å². The van der Waals surface area contributed by atoms with Crippen LogP contribution in [-0.2, 0) is 23.7 Å². The number of rotatable bonds is 3. The molecule has 2 heterocycles. The largest absolute Gasteiger partial charge is 0.390 e. The normalized spacial score (nSPS) is 22.8. The van der Waals surface area contributed by atoms with Crippen LogP contribution >= 0.6 is 0 Å². The first-order chi connectivity index (χ1) is 8.86. The molecule has 0 aliphatic carbocycles. The molecule has 6 nitrogen and oxygen atoms in total. The number of aliphatic hydroxyl groups is 1. The van der Waals surface area contributed by atoms with Gasteiger partial charge in [-0.15, -0.1) is 0 Å². The van der Waals surface area contributed by atoms with Gasteiger partial charge in [0.05, 0.1) is 6.61 Å². The van der Waals surface area contributed by atoms with Crippen LogP contribution in [0.4, 0.5) is 0 Å². The summed E-state index contributed by atoms with van der Waals surface area (Å²) in [4.78, 5) is 2.39. The summed E-state index contributed by atoms with van der Waals surface area (Å²) in [7, 11) is 0.255. The van der Waals surface area contributed by atoms with Crippen LogP contribution in [0.2, 0.25) is 0 Å². The number of sulfonamides is 1. The molecule has 1 fully saturated rings. The second-order valence-electron chi connectivity index (χ2n) is 5.16. The molecule has 0 spiro atoms. The highest BCUT2D eigenvalue weighted by atomic mass is 32.2. The van der Waals surface area contributed by atoms with E-state index in [1.807, 2.05) is 14.0 Å². The predicted octanol–water partition coefficient (Wildman–Crippen LogP) is -0.158. The van der Waals surface area contributed by atoms with Gasteiger partial charge in [-0.25, -0.2) is 8.42 Å². The molecule has 19 heavy (non-hydrogen) atoms. The Labute approximate surface area is 114 Å². The van der Waals surface area contributed by atoms with Crippen molar-refractivity contribution in [1.82, 2.24) is 13.8 Å². The Morgan fingerprint density at radius 3 is 2.58 bits per heavy atom. The molecular formula is C12H21N3O3S. The lowest BCUT2D eigenvalue weighted by molar-refractivity contribution is 0.170. The van der Waals surface area contributed by atoms with Gasteiger partial charge in [-0.1, -0.05) is 0 Å². The second kappa shape index (κ2) is 5.24. The molecule has 108 valence electrons. The third kappa shape index (κ3) is 2.69. The van der Waals surface area contributed by atoms with Crippen molar-refractivity contribution in [2.45, 2.75) is 24.5 Å². The zero-order chi connectivity index (χ0) is 14.2.